The number of halogens is 2. The number of anilines is 1. The molecule has 0 saturated carbocycles. The van der Waals surface area contributed by atoms with Crippen molar-refractivity contribution in [1.29, 1.82) is 0 Å². The molecule has 1 aliphatic heterocycles. The van der Waals surface area contributed by atoms with Gasteiger partial charge in [-0.2, -0.15) is 0 Å². The first-order chi connectivity index (χ1) is 11.0. The quantitative estimate of drug-likeness (QED) is 0.904. The van der Waals surface area contributed by atoms with Crippen molar-refractivity contribution in [3.8, 4) is 0 Å². The minimum Gasteiger partial charge on any atom is -0.391 e. The molecular formula is C16H15F2N3O2. The number of nitrogens with zero attached hydrogens (tertiary/aromatic N) is 2. The molecule has 7 heteroatoms. The van der Waals surface area contributed by atoms with Gasteiger partial charge in [0, 0.05) is 24.0 Å². The molecule has 2 aromatic rings. The third-order valence-electron chi connectivity index (χ3n) is 3.92. The molecule has 0 radical (unpaired) electrons. The molecule has 2 unspecified atom stereocenters. The molecule has 0 bridgehead atoms. The number of amides is 1. The fraction of sp³-hybridized carbons (Fsp3) is 0.250. The highest BCUT2D eigenvalue weighted by Crippen LogP contribution is 2.37. The van der Waals surface area contributed by atoms with Crippen molar-refractivity contribution in [1.82, 2.24) is 4.98 Å². The molecule has 120 valence electrons. The Hall–Kier alpha value is -2.54. The first kappa shape index (κ1) is 15.4. The van der Waals surface area contributed by atoms with Crippen molar-refractivity contribution in [3.63, 3.8) is 0 Å². The molecule has 1 aromatic heterocycles. The van der Waals surface area contributed by atoms with E-state index in [2.05, 4.69) is 4.98 Å². The minimum absolute atomic E-state index is 0.0716. The predicted octanol–water partition coefficient (Wildman–Crippen LogP) is 1.77. The molecule has 0 spiro atoms. The van der Waals surface area contributed by atoms with Gasteiger partial charge in [0.25, 0.3) is 5.91 Å². The Morgan fingerprint density at radius 3 is 2.83 bits per heavy atom. The number of aliphatic hydroxyl groups excluding tert-OH is 1. The largest absolute Gasteiger partial charge is 0.391 e. The Balaban J connectivity index is 2.01. The number of nitrogens with two attached hydrogens (primary N) is 1. The molecule has 3 rings (SSSR count). The van der Waals surface area contributed by atoms with Crippen LogP contribution < -0.4 is 10.6 Å². The van der Waals surface area contributed by atoms with Crippen LogP contribution in [-0.2, 0) is 0 Å². The van der Waals surface area contributed by atoms with E-state index in [9.17, 15) is 18.7 Å². The highest BCUT2D eigenvalue weighted by Gasteiger charge is 2.34. The number of hydrogen-bond acceptors (Lipinski definition) is 4. The molecule has 3 N–H and O–H groups in total. The second-order valence-corrected chi connectivity index (χ2v) is 5.49. The summed E-state index contributed by atoms with van der Waals surface area (Å²) in [5.74, 6) is -1.77. The van der Waals surface area contributed by atoms with E-state index in [0.29, 0.717) is 5.69 Å². The van der Waals surface area contributed by atoms with Gasteiger partial charge in [-0.3, -0.25) is 9.78 Å². The number of rotatable bonds is 3. The summed E-state index contributed by atoms with van der Waals surface area (Å²) in [4.78, 5) is 16.8. The first-order valence-corrected chi connectivity index (χ1v) is 7.11. The molecule has 1 aliphatic rings. The van der Waals surface area contributed by atoms with Gasteiger partial charge in [-0.1, -0.05) is 0 Å². The number of carbonyl (C=O) groups excluding carboxylic acids is 1. The summed E-state index contributed by atoms with van der Waals surface area (Å²) in [6.45, 7) is 0.239. The third kappa shape index (κ3) is 3.00. The van der Waals surface area contributed by atoms with Gasteiger partial charge in [-0.25, -0.2) is 8.78 Å². The summed E-state index contributed by atoms with van der Waals surface area (Å²) in [5.41, 5.74) is 6.03. The van der Waals surface area contributed by atoms with E-state index in [0.717, 1.165) is 18.2 Å². The summed E-state index contributed by atoms with van der Waals surface area (Å²) in [5, 5.41) is 9.97. The highest BCUT2D eigenvalue weighted by molar-refractivity contribution is 5.91. The highest BCUT2D eigenvalue weighted by atomic mass is 19.1. The van der Waals surface area contributed by atoms with Crippen LogP contribution in [0.4, 0.5) is 14.5 Å². The van der Waals surface area contributed by atoms with Crippen molar-refractivity contribution in [2.75, 3.05) is 11.4 Å². The summed E-state index contributed by atoms with van der Waals surface area (Å²) < 4.78 is 27.6. The lowest BCUT2D eigenvalue weighted by Gasteiger charge is -2.27. The predicted molar refractivity (Wildman–Crippen MR) is 79.8 cm³/mol. The maximum Gasteiger partial charge on any atom is 0.267 e. The molecule has 1 aromatic carbocycles. The molecule has 0 aliphatic carbocycles. The zero-order valence-corrected chi connectivity index (χ0v) is 12.1. The zero-order valence-electron chi connectivity index (χ0n) is 12.1. The molecule has 2 heterocycles. The molecule has 5 nitrogen and oxygen atoms in total. The fourth-order valence-corrected chi connectivity index (χ4v) is 2.90. The summed E-state index contributed by atoms with van der Waals surface area (Å²) in [7, 11) is 0. The third-order valence-corrected chi connectivity index (χ3v) is 3.92. The molecule has 1 fully saturated rings. The van der Waals surface area contributed by atoms with Crippen LogP contribution in [0, 0.1) is 11.6 Å². The number of β-amino-alcohol motifs (C(OH)–C–C–N with tert-alkyl or cyclic N) is 1. The number of benzene rings is 1. The number of hydrogen-bond donors (Lipinski definition) is 2. The van der Waals surface area contributed by atoms with Gasteiger partial charge in [-0.15, -0.1) is 0 Å². The lowest BCUT2D eigenvalue weighted by molar-refractivity contribution is 0.0995. The number of pyridine rings is 1. The zero-order chi connectivity index (χ0) is 16.6. The Kier molecular flexibility index (Phi) is 3.96. The molecule has 1 amide bonds. The van der Waals surface area contributed by atoms with Crippen molar-refractivity contribution < 1.29 is 18.7 Å². The van der Waals surface area contributed by atoms with Crippen LogP contribution in [0.5, 0.6) is 0 Å². The van der Waals surface area contributed by atoms with Crippen molar-refractivity contribution in [2.24, 2.45) is 5.73 Å². The molecule has 2 atom stereocenters. The average molecular weight is 319 g/mol. The topological polar surface area (TPSA) is 79.5 Å². The van der Waals surface area contributed by atoms with Gasteiger partial charge in [0.2, 0.25) is 0 Å². The van der Waals surface area contributed by atoms with Crippen LogP contribution in [0.3, 0.4) is 0 Å². The summed E-state index contributed by atoms with van der Waals surface area (Å²) in [6, 6.07) is 5.81. The number of aromatic nitrogens is 1. The normalized spacial score (nSPS) is 20.7. The Labute approximate surface area is 131 Å². The van der Waals surface area contributed by atoms with Crippen LogP contribution in [0.15, 0.2) is 36.5 Å². The van der Waals surface area contributed by atoms with Gasteiger partial charge in [-0.05, 0) is 36.8 Å². The summed E-state index contributed by atoms with van der Waals surface area (Å²) in [6.07, 6.45) is 0.987. The Bertz CT molecular complexity index is 754. The van der Waals surface area contributed by atoms with Gasteiger partial charge in [0.15, 0.2) is 0 Å². The second-order valence-electron chi connectivity index (χ2n) is 5.49. The van der Waals surface area contributed by atoms with Crippen molar-refractivity contribution >= 4 is 11.6 Å². The summed E-state index contributed by atoms with van der Waals surface area (Å²) >= 11 is 0. The Morgan fingerprint density at radius 1 is 1.30 bits per heavy atom. The van der Waals surface area contributed by atoms with Gasteiger partial charge < -0.3 is 15.7 Å². The number of carbonyl (C=O) groups is 1. The minimum atomic E-state index is -0.687. The maximum atomic E-state index is 14.1. The van der Waals surface area contributed by atoms with E-state index >= 15 is 0 Å². The van der Waals surface area contributed by atoms with Crippen LogP contribution in [0.25, 0.3) is 0 Å². The van der Waals surface area contributed by atoms with E-state index < -0.39 is 29.7 Å². The van der Waals surface area contributed by atoms with Crippen LogP contribution in [0.2, 0.25) is 0 Å². The van der Waals surface area contributed by atoms with Gasteiger partial charge in [0.1, 0.15) is 17.3 Å². The number of aliphatic hydroxyl groups is 1. The van der Waals surface area contributed by atoms with Crippen LogP contribution >= 0.6 is 0 Å². The first-order valence-electron chi connectivity index (χ1n) is 7.11. The van der Waals surface area contributed by atoms with Gasteiger partial charge in [0.05, 0.1) is 12.1 Å². The SMILES string of the molecule is NC(=O)c1cc(N2CC(O)CC2c2cc(F)ccc2F)ccn1. The molecule has 23 heavy (non-hydrogen) atoms. The maximum absolute atomic E-state index is 14.1. The lowest BCUT2D eigenvalue weighted by atomic mass is 10.0. The fourth-order valence-electron chi connectivity index (χ4n) is 2.90. The molecule has 1 saturated heterocycles. The van der Waals surface area contributed by atoms with Crippen molar-refractivity contribution in [3.05, 3.63) is 59.4 Å². The van der Waals surface area contributed by atoms with E-state index in [1.54, 1.807) is 11.0 Å². The number of primary amides is 1. The average Bonchev–Trinajstić information content (AvgIpc) is 2.91. The van der Waals surface area contributed by atoms with Crippen molar-refractivity contribution in [2.45, 2.75) is 18.6 Å². The smallest absolute Gasteiger partial charge is 0.267 e. The standard InChI is InChI=1S/C16H15F2N3O2/c17-9-1-2-13(18)12(5-9)15-7-11(22)8-21(15)10-3-4-20-14(6-10)16(19)23/h1-6,11,15,22H,7-8H2,(H2,19,23). The van der Waals surface area contributed by atoms with Crippen LogP contribution in [-0.4, -0.2) is 28.6 Å². The van der Waals surface area contributed by atoms with E-state index in [1.165, 1.54) is 12.3 Å². The van der Waals surface area contributed by atoms with E-state index in [4.69, 9.17) is 5.73 Å². The lowest BCUT2D eigenvalue weighted by Crippen LogP contribution is -2.25. The second kappa shape index (κ2) is 5.92. The Morgan fingerprint density at radius 2 is 2.09 bits per heavy atom. The van der Waals surface area contributed by atoms with E-state index in [-0.39, 0.29) is 24.2 Å². The van der Waals surface area contributed by atoms with E-state index in [1.807, 2.05) is 0 Å². The monoisotopic (exact) mass is 319 g/mol. The van der Waals surface area contributed by atoms with Gasteiger partial charge >= 0.3 is 0 Å². The van der Waals surface area contributed by atoms with Crippen LogP contribution in [0.1, 0.15) is 28.5 Å². The molecular weight excluding hydrogens is 304 g/mol.